The zero-order valence-corrected chi connectivity index (χ0v) is 13.2. The molecule has 3 atom stereocenters. The average Bonchev–Trinajstić information content (AvgIpc) is 2.87. The van der Waals surface area contributed by atoms with Gasteiger partial charge in [-0.05, 0) is 6.08 Å². The molecule has 1 aromatic heterocycles. The molecular formula is C14H16F3N3O6. The Bertz CT molecular complexity index is 802. The number of aliphatic hydroxyl groups excluding tert-OH is 2. The van der Waals surface area contributed by atoms with Crippen molar-refractivity contribution in [2.75, 3.05) is 13.2 Å². The Hall–Kier alpha value is -2.44. The SMILES string of the molecule is O=C(NCC=C[C@]1(n2ccc(=O)[nH]c2=O)C[C@H](O)[C@@H](CO)O1)C(F)(F)F. The molecule has 2 rings (SSSR count). The molecule has 144 valence electrons. The highest BCUT2D eigenvalue weighted by Crippen LogP contribution is 2.35. The van der Waals surface area contributed by atoms with Gasteiger partial charge in [0, 0.05) is 25.2 Å². The van der Waals surface area contributed by atoms with Gasteiger partial charge in [-0.25, -0.2) is 4.79 Å². The molecule has 0 saturated carbocycles. The van der Waals surface area contributed by atoms with Crippen molar-refractivity contribution in [2.45, 2.75) is 30.5 Å². The van der Waals surface area contributed by atoms with Crippen LogP contribution in [0, 0.1) is 0 Å². The van der Waals surface area contributed by atoms with Crippen LogP contribution in [0.25, 0.3) is 0 Å². The molecule has 9 nitrogen and oxygen atoms in total. The van der Waals surface area contributed by atoms with E-state index in [1.54, 1.807) is 5.32 Å². The molecule has 1 aromatic rings. The first-order valence-corrected chi connectivity index (χ1v) is 7.41. The van der Waals surface area contributed by atoms with Crippen molar-refractivity contribution in [1.82, 2.24) is 14.9 Å². The van der Waals surface area contributed by atoms with Crippen molar-refractivity contribution in [1.29, 1.82) is 0 Å². The highest BCUT2D eigenvalue weighted by molar-refractivity contribution is 5.81. The second-order valence-electron chi connectivity index (χ2n) is 5.55. The standard InChI is InChI=1S/C14H16F3N3O6/c15-14(16,17)11(24)18-4-1-3-13(6-8(22)9(7-21)26-13)20-5-2-10(23)19-12(20)25/h1-3,5,8-9,21-22H,4,6-7H2,(H,18,24)(H,19,23,25)/t8-,9+,13+/m0/s1. The van der Waals surface area contributed by atoms with Crippen molar-refractivity contribution in [3.05, 3.63) is 45.3 Å². The molecule has 4 N–H and O–H groups in total. The Balaban J connectivity index is 2.28. The third-order valence-corrected chi connectivity index (χ3v) is 3.71. The number of halogens is 3. The van der Waals surface area contributed by atoms with E-state index in [0.717, 1.165) is 22.9 Å². The number of amides is 1. The lowest BCUT2D eigenvalue weighted by atomic mass is 10.1. The minimum absolute atomic E-state index is 0.214. The average molecular weight is 379 g/mol. The van der Waals surface area contributed by atoms with Crippen LogP contribution in [0.4, 0.5) is 13.2 Å². The van der Waals surface area contributed by atoms with Gasteiger partial charge in [0.15, 0.2) is 5.72 Å². The predicted molar refractivity (Wildman–Crippen MR) is 80.1 cm³/mol. The zero-order chi connectivity index (χ0) is 19.5. The Morgan fingerprint density at radius 3 is 2.73 bits per heavy atom. The van der Waals surface area contributed by atoms with Gasteiger partial charge in [0.05, 0.1) is 12.7 Å². The summed E-state index contributed by atoms with van der Waals surface area (Å²) < 4.78 is 42.9. The largest absolute Gasteiger partial charge is 0.471 e. The van der Waals surface area contributed by atoms with Crippen molar-refractivity contribution in [2.24, 2.45) is 0 Å². The molecule has 2 heterocycles. The van der Waals surface area contributed by atoms with Gasteiger partial charge in [0.2, 0.25) is 0 Å². The van der Waals surface area contributed by atoms with E-state index in [4.69, 9.17) is 4.74 Å². The number of H-pyrrole nitrogens is 1. The number of aliphatic hydroxyl groups is 2. The third kappa shape index (κ3) is 4.20. The summed E-state index contributed by atoms with van der Waals surface area (Å²) in [6.07, 6.45) is -4.11. The number of ether oxygens (including phenoxy) is 1. The highest BCUT2D eigenvalue weighted by Gasteiger charge is 2.46. The van der Waals surface area contributed by atoms with E-state index in [9.17, 15) is 37.8 Å². The zero-order valence-electron chi connectivity index (χ0n) is 13.2. The Kier molecular flexibility index (Phi) is 5.68. The van der Waals surface area contributed by atoms with Crippen molar-refractivity contribution in [3.63, 3.8) is 0 Å². The van der Waals surface area contributed by atoms with Gasteiger partial charge < -0.3 is 20.3 Å². The maximum atomic E-state index is 12.2. The smallest absolute Gasteiger partial charge is 0.394 e. The van der Waals surface area contributed by atoms with E-state index >= 15 is 0 Å². The van der Waals surface area contributed by atoms with Crippen LogP contribution in [0.3, 0.4) is 0 Å². The minimum atomic E-state index is -5.04. The fourth-order valence-corrected chi connectivity index (χ4v) is 2.53. The van der Waals surface area contributed by atoms with E-state index in [1.807, 2.05) is 4.98 Å². The van der Waals surface area contributed by atoms with Crippen molar-refractivity contribution in [3.8, 4) is 0 Å². The van der Waals surface area contributed by atoms with Gasteiger partial charge in [-0.2, -0.15) is 13.2 Å². The molecule has 0 spiro atoms. The van der Waals surface area contributed by atoms with Gasteiger partial charge in [-0.15, -0.1) is 0 Å². The summed E-state index contributed by atoms with van der Waals surface area (Å²) in [5.74, 6) is -2.14. The molecule has 12 heteroatoms. The lowest BCUT2D eigenvalue weighted by Gasteiger charge is -2.27. The van der Waals surface area contributed by atoms with Crippen LogP contribution >= 0.6 is 0 Å². The lowest BCUT2D eigenvalue weighted by Crippen LogP contribution is -2.43. The molecule has 0 bridgehead atoms. The van der Waals surface area contributed by atoms with Crippen LogP contribution in [0.1, 0.15) is 6.42 Å². The number of nitrogens with one attached hydrogen (secondary N) is 2. The normalized spacial score (nSPS) is 26.3. The van der Waals surface area contributed by atoms with Gasteiger partial charge in [-0.3, -0.25) is 19.1 Å². The second kappa shape index (κ2) is 7.43. The fourth-order valence-electron chi connectivity index (χ4n) is 2.53. The van der Waals surface area contributed by atoms with Crippen molar-refractivity contribution < 1.29 is 32.9 Å². The van der Waals surface area contributed by atoms with Crippen LogP contribution in [0.5, 0.6) is 0 Å². The Morgan fingerprint density at radius 1 is 1.50 bits per heavy atom. The summed E-state index contributed by atoms with van der Waals surface area (Å²) in [6.45, 7) is -1.10. The number of alkyl halides is 3. The molecule has 1 aliphatic heterocycles. The Morgan fingerprint density at radius 2 is 2.19 bits per heavy atom. The highest BCUT2D eigenvalue weighted by atomic mass is 19.4. The summed E-state index contributed by atoms with van der Waals surface area (Å²) in [5.41, 5.74) is -3.22. The summed E-state index contributed by atoms with van der Waals surface area (Å²) in [5, 5.41) is 20.8. The summed E-state index contributed by atoms with van der Waals surface area (Å²) in [6, 6.07) is 1.02. The maximum absolute atomic E-state index is 12.2. The van der Waals surface area contributed by atoms with Crippen LogP contribution in [-0.2, 0) is 15.3 Å². The van der Waals surface area contributed by atoms with E-state index in [2.05, 4.69) is 0 Å². The summed E-state index contributed by atoms with van der Waals surface area (Å²) in [7, 11) is 0. The predicted octanol–water partition coefficient (Wildman–Crippen LogP) is -1.43. The quantitative estimate of drug-likeness (QED) is 0.464. The molecule has 1 aliphatic rings. The molecular weight excluding hydrogens is 363 g/mol. The van der Waals surface area contributed by atoms with Crippen LogP contribution in [0.2, 0.25) is 0 Å². The molecule has 1 saturated heterocycles. The monoisotopic (exact) mass is 379 g/mol. The molecule has 0 unspecified atom stereocenters. The van der Waals surface area contributed by atoms with Gasteiger partial charge in [0.25, 0.3) is 5.56 Å². The lowest BCUT2D eigenvalue weighted by molar-refractivity contribution is -0.173. The topological polar surface area (TPSA) is 134 Å². The molecule has 0 aromatic carbocycles. The number of aromatic amines is 1. The molecule has 26 heavy (non-hydrogen) atoms. The number of nitrogens with zero attached hydrogens (tertiary/aromatic N) is 1. The van der Waals surface area contributed by atoms with Crippen LogP contribution in [-0.4, -0.2) is 57.2 Å². The fraction of sp³-hybridized carbons (Fsp3) is 0.500. The number of carbonyl (C=O) groups excluding carboxylic acids is 1. The molecule has 0 radical (unpaired) electrons. The van der Waals surface area contributed by atoms with Crippen LogP contribution < -0.4 is 16.6 Å². The van der Waals surface area contributed by atoms with E-state index in [0.29, 0.717) is 0 Å². The van der Waals surface area contributed by atoms with Crippen molar-refractivity contribution >= 4 is 5.91 Å². The number of hydrogen-bond donors (Lipinski definition) is 4. The Labute approximate surface area is 143 Å². The number of aromatic nitrogens is 2. The van der Waals surface area contributed by atoms with Gasteiger partial charge in [-0.1, -0.05) is 6.08 Å². The molecule has 1 fully saturated rings. The van der Waals surface area contributed by atoms with Gasteiger partial charge in [0.1, 0.15) is 6.10 Å². The molecule has 1 amide bonds. The minimum Gasteiger partial charge on any atom is -0.394 e. The second-order valence-corrected chi connectivity index (χ2v) is 5.55. The third-order valence-electron chi connectivity index (χ3n) is 3.71. The van der Waals surface area contributed by atoms with Gasteiger partial charge >= 0.3 is 17.8 Å². The first-order chi connectivity index (χ1) is 12.1. The first-order valence-electron chi connectivity index (χ1n) is 7.41. The van der Waals surface area contributed by atoms with E-state index in [-0.39, 0.29) is 6.42 Å². The maximum Gasteiger partial charge on any atom is 0.471 e. The number of hydrogen-bond acceptors (Lipinski definition) is 6. The van der Waals surface area contributed by atoms with E-state index < -0.39 is 54.4 Å². The summed E-state index contributed by atoms with van der Waals surface area (Å²) >= 11 is 0. The number of rotatable bonds is 5. The first kappa shape index (κ1) is 19.9. The van der Waals surface area contributed by atoms with E-state index in [1.165, 1.54) is 6.08 Å². The molecule has 0 aliphatic carbocycles. The number of carbonyl (C=O) groups is 1. The van der Waals surface area contributed by atoms with Crippen LogP contribution in [0.15, 0.2) is 34.0 Å². The summed E-state index contributed by atoms with van der Waals surface area (Å²) in [4.78, 5) is 36.0.